The Morgan fingerprint density at radius 3 is 3.00 bits per heavy atom. The van der Waals surface area contributed by atoms with E-state index in [1.807, 2.05) is 53.4 Å². The normalized spacial score (nSPS) is 16.9. The van der Waals surface area contributed by atoms with Crippen LogP contribution in [0.25, 0.3) is 10.9 Å². The quantitative estimate of drug-likeness (QED) is 0.762. The van der Waals surface area contributed by atoms with Crippen molar-refractivity contribution in [3.8, 4) is 0 Å². The average molecular weight is 336 g/mol. The molecule has 0 spiro atoms. The highest BCUT2D eigenvalue weighted by molar-refractivity contribution is 5.93. The van der Waals surface area contributed by atoms with Crippen LogP contribution in [0.4, 0.5) is 0 Å². The Hall–Kier alpha value is -3.02. The lowest BCUT2D eigenvalue weighted by Gasteiger charge is -2.33. The molecule has 6 heteroatoms. The highest BCUT2D eigenvalue weighted by atomic mass is 16.2. The summed E-state index contributed by atoms with van der Waals surface area (Å²) >= 11 is 0. The van der Waals surface area contributed by atoms with Gasteiger partial charge in [-0.3, -0.25) is 9.59 Å². The first kappa shape index (κ1) is 15.5. The number of fused-ring (bicyclic) bond motifs is 2. The van der Waals surface area contributed by atoms with Crippen LogP contribution in [0.5, 0.6) is 0 Å². The summed E-state index contributed by atoms with van der Waals surface area (Å²) in [5.74, 6) is -0.0453. The summed E-state index contributed by atoms with van der Waals surface area (Å²) in [6, 6.07) is 11.6. The van der Waals surface area contributed by atoms with Gasteiger partial charge in [0, 0.05) is 43.4 Å². The summed E-state index contributed by atoms with van der Waals surface area (Å²) in [5.41, 5.74) is 2.71. The molecule has 25 heavy (non-hydrogen) atoms. The summed E-state index contributed by atoms with van der Waals surface area (Å²) in [6.07, 6.45) is 4.11. The van der Waals surface area contributed by atoms with Crippen molar-refractivity contribution >= 4 is 22.7 Å². The van der Waals surface area contributed by atoms with Gasteiger partial charge in [-0.2, -0.15) is 0 Å². The van der Waals surface area contributed by atoms with E-state index in [2.05, 4.69) is 10.3 Å². The molecule has 3 heterocycles. The highest BCUT2D eigenvalue weighted by Crippen LogP contribution is 2.18. The predicted octanol–water partition coefficient (Wildman–Crippen LogP) is 1.78. The van der Waals surface area contributed by atoms with Crippen LogP contribution in [0.1, 0.15) is 16.1 Å². The van der Waals surface area contributed by atoms with Crippen LogP contribution in [0.15, 0.2) is 48.8 Å². The van der Waals surface area contributed by atoms with Gasteiger partial charge in [0.15, 0.2) is 0 Å². The first-order valence-electron chi connectivity index (χ1n) is 8.37. The summed E-state index contributed by atoms with van der Waals surface area (Å²) in [5, 5.41) is 4.04. The monoisotopic (exact) mass is 336 g/mol. The van der Waals surface area contributed by atoms with Gasteiger partial charge in [0.25, 0.3) is 5.91 Å². The number of nitrogens with zero attached hydrogens (tertiary/aromatic N) is 2. The van der Waals surface area contributed by atoms with Crippen molar-refractivity contribution in [2.45, 2.75) is 19.0 Å². The molecule has 4 rings (SSSR count). The topological polar surface area (TPSA) is 70.1 Å². The van der Waals surface area contributed by atoms with Crippen LogP contribution in [0.3, 0.4) is 0 Å². The van der Waals surface area contributed by atoms with Crippen LogP contribution in [-0.2, 0) is 17.8 Å². The van der Waals surface area contributed by atoms with Gasteiger partial charge in [0.05, 0.1) is 12.5 Å². The summed E-state index contributed by atoms with van der Waals surface area (Å²) in [7, 11) is 1.79. The van der Waals surface area contributed by atoms with E-state index < -0.39 is 0 Å². The van der Waals surface area contributed by atoms with Gasteiger partial charge in [0.2, 0.25) is 5.91 Å². The summed E-state index contributed by atoms with van der Waals surface area (Å²) < 4.78 is 1.94. The average Bonchev–Trinajstić information content (AvgIpc) is 3.24. The van der Waals surface area contributed by atoms with Crippen LogP contribution >= 0.6 is 0 Å². The Labute approximate surface area is 145 Å². The maximum Gasteiger partial charge on any atom is 0.270 e. The van der Waals surface area contributed by atoms with E-state index >= 15 is 0 Å². The van der Waals surface area contributed by atoms with E-state index in [-0.39, 0.29) is 17.9 Å². The number of amides is 2. The number of hydrogen-bond donors (Lipinski definition) is 2. The molecule has 0 bridgehead atoms. The van der Waals surface area contributed by atoms with Crippen LogP contribution in [-0.4, -0.2) is 45.9 Å². The largest absolute Gasteiger partial charge is 0.361 e. The molecular weight excluding hydrogens is 316 g/mol. The van der Waals surface area contributed by atoms with E-state index in [4.69, 9.17) is 0 Å². The van der Waals surface area contributed by atoms with Gasteiger partial charge in [0.1, 0.15) is 5.69 Å². The SMILES string of the molecule is CN1C(=O)c2cccn2CC1CNC(=O)Cc1c[nH]c2ccccc12. The van der Waals surface area contributed by atoms with E-state index in [0.717, 1.165) is 16.5 Å². The molecule has 0 aliphatic carbocycles. The number of benzene rings is 1. The van der Waals surface area contributed by atoms with Crippen molar-refractivity contribution in [3.63, 3.8) is 0 Å². The van der Waals surface area contributed by atoms with Gasteiger partial charge in [-0.05, 0) is 23.8 Å². The number of H-pyrrole nitrogens is 1. The minimum absolute atomic E-state index is 0.00729. The minimum atomic E-state index is -0.0423. The van der Waals surface area contributed by atoms with Gasteiger partial charge in [-0.1, -0.05) is 18.2 Å². The standard InChI is InChI=1S/C19H20N4O2/c1-22-14(12-23-8-4-7-17(23)19(22)25)11-21-18(24)9-13-10-20-16-6-3-2-5-15(13)16/h2-8,10,14,20H,9,11-12H2,1H3,(H,21,24). The third-order valence-corrected chi connectivity index (χ3v) is 4.88. The third kappa shape index (κ3) is 2.80. The number of likely N-dealkylation sites (N-methyl/N-ethyl adjacent to an activating group) is 1. The molecule has 0 fully saturated rings. The van der Waals surface area contributed by atoms with E-state index in [1.165, 1.54) is 0 Å². The second kappa shape index (κ2) is 6.12. The van der Waals surface area contributed by atoms with Crippen molar-refractivity contribution in [3.05, 3.63) is 60.0 Å². The minimum Gasteiger partial charge on any atom is -0.361 e. The second-order valence-corrected chi connectivity index (χ2v) is 6.46. The van der Waals surface area contributed by atoms with Crippen molar-refractivity contribution in [1.82, 2.24) is 19.8 Å². The zero-order valence-electron chi connectivity index (χ0n) is 14.0. The third-order valence-electron chi connectivity index (χ3n) is 4.88. The van der Waals surface area contributed by atoms with Gasteiger partial charge < -0.3 is 19.8 Å². The van der Waals surface area contributed by atoms with Crippen molar-refractivity contribution < 1.29 is 9.59 Å². The first-order valence-corrected chi connectivity index (χ1v) is 8.37. The molecule has 1 unspecified atom stereocenters. The molecule has 1 aliphatic rings. The fourth-order valence-electron chi connectivity index (χ4n) is 3.41. The molecule has 1 atom stereocenters. The highest BCUT2D eigenvalue weighted by Gasteiger charge is 2.29. The molecule has 1 aliphatic heterocycles. The number of aromatic nitrogens is 2. The molecule has 2 amide bonds. The fraction of sp³-hybridized carbons (Fsp3) is 0.263. The number of carbonyl (C=O) groups is 2. The Morgan fingerprint density at radius 1 is 1.28 bits per heavy atom. The lowest BCUT2D eigenvalue weighted by atomic mass is 10.1. The van der Waals surface area contributed by atoms with Gasteiger partial charge in [-0.15, -0.1) is 0 Å². The van der Waals surface area contributed by atoms with Crippen molar-refractivity contribution in [2.24, 2.45) is 0 Å². The molecular formula is C19H20N4O2. The van der Waals surface area contributed by atoms with Gasteiger partial charge >= 0.3 is 0 Å². The van der Waals surface area contributed by atoms with Crippen molar-refractivity contribution in [1.29, 1.82) is 0 Å². The number of para-hydroxylation sites is 1. The Bertz CT molecular complexity index is 940. The zero-order chi connectivity index (χ0) is 17.4. The summed E-state index contributed by atoms with van der Waals surface area (Å²) in [6.45, 7) is 1.14. The van der Waals surface area contributed by atoms with Crippen LogP contribution < -0.4 is 5.32 Å². The van der Waals surface area contributed by atoms with E-state index in [1.54, 1.807) is 11.9 Å². The molecule has 2 N–H and O–H groups in total. The number of carbonyl (C=O) groups excluding carboxylic acids is 2. The maximum atomic E-state index is 12.3. The van der Waals surface area contributed by atoms with Crippen molar-refractivity contribution in [2.75, 3.05) is 13.6 Å². The molecule has 6 nitrogen and oxygen atoms in total. The molecule has 1 aromatic carbocycles. The fourth-order valence-corrected chi connectivity index (χ4v) is 3.41. The lowest BCUT2D eigenvalue weighted by molar-refractivity contribution is -0.120. The molecule has 2 aromatic heterocycles. The molecule has 3 aromatic rings. The zero-order valence-corrected chi connectivity index (χ0v) is 14.0. The first-order chi connectivity index (χ1) is 12.1. The lowest BCUT2D eigenvalue weighted by Crippen LogP contribution is -2.51. The number of nitrogens with one attached hydrogen (secondary N) is 2. The molecule has 128 valence electrons. The smallest absolute Gasteiger partial charge is 0.270 e. The van der Waals surface area contributed by atoms with E-state index in [9.17, 15) is 9.59 Å². The van der Waals surface area contributed by atoms with Gasteiger partial charge in [-0.25, -0.2) is 0 Å². The molecule has 0 radical (unpaired) electrons. The van der Waals surface area contributed by atoms with Crippen LogP contribution in [0.2, 0.25) is 0 Å². The molecule has 0 saturated carbocycles. The second-order valence-electron chi connectivity index (χ2n) is 6.46. The maximum absolute atomic E-state index is 12.3. The van der Waals surface area contributed by atoms with E-state index in [0.29, 0.717) is 25.2 Å². The number of aromatic amines is 1. The predicted molar refractivity (Wildman–Crippen MR) is 95.3 cm³/mol. The Morgan fingerprint density at radius 2 is 2.12 bits per heavy atom. The number of hydrogen-bond acceptors (Lipinski definition) is 2. The van der Waals surface area contributed by atoms with Crippen LogP contribution in [0, 0.1) is 0 Å². The Balaban J connectivity index is 1.40. The Kier molecular flexibility index (Phi) is 3.80. The summed E-state index contributed by atoms with van der Waals surface area (Å²) in [4.78, 5) is 29.6. The molecule has 0 saturated heterocycles. The number of rotatable bonds is 4.